The molecule has 158 valence electrons. The average molecular weight is 412 g/mol. The maximum Gasteiger partial charge on any atom is 0.238 e. The van der Waals surface area contributed by atoms with Crippen LogP contribution in [0.2, 0.25) is 0 Å². The zero-order valence-corrected chi connectivity index (χ0v) is 18.1. The molecule has 0 bridgehead atoms. The van der Waals surface area contributed by atoms with Gasteiger partial charge in [0.25, 0.3) is 0 Å². The van der Waals surface area contributed by atoms with Gasteiger partial charge in [-0.2, -0.15) is 4.98 Å². The minimum atomic E-state index is -3.53. The highest BCUT2D eigenvalue weighted by Crippen LogP contribution is 2.38. The number of hydrogen-bond acceptors (Lipinski definition) is 6. The average Bonchev–Trinajstić information content (AvgIpc) is 3.30. The molecule has 28 heavy (non-hydrogen) atoms. The molecule has 2 saturated carbocycles. The van der Waals surface area contributed by atoms with Crippen molar-refractivity contribution < 1.29 is 17.7 Å². The minimum Gasteiger partial charge on any atom is -0.342 e. The maximum absolute atomic E-state index is 12.9. The van der Waals surface area contributed by atoms with Crippen LogP contribution in [0.3, 0.4) is 0 Å². The molecule has 3 rings (SSSR count). The zero-order chi connectivity index (χ0) is 20.4. The van der Waals surface area contributed by atoms with Gasteiger partial charge in [-0.15, -0.1) is 0 Å². The van der Waals surface area contributed by atoms with Gasteiger partial charge in [0.05, 0.1) is 5.25 Å². The molecule has 1 aromatic rings. The predicted molar refractivity (Wildman–Crippen MR) is 107 cm³/mol. The van der Waals surface area contributed by atoms with E-state index >= 15 is 0 Å². The Morgan fingerprint density at radius 2 is 1.68 bits per heavy atom. The first-order valence-corrected chi connectivity index (χ1v) is 12.3. The molecule has 1 heterocycles. The van der Waals surface area contributed by atoms with E-state index in [2.05, 4.69) is 10.5 Å². The van der Waals surface area contributed by atoms with Crippen LogP contribution in [-0.4, -0.2) is 35.0 Å². The molecule has 0 spiro atoms. The molecule has 1 atom stereocenters. The molecule has 0 aromatic carbocycles. The Morgan fingerprint density at radius 3 is 2.25 bits per heavy atom. The summed E-state index contributed by atoms with van der Waals surface area (Å²) in [6.07, 6.45) is 9.94. The number of carbonyl (C=O) groups excluding carboxylic acids is 1. The second-order valence-electron chi connectivity index (χ2n) is 8.70. The Kier molecular flexibility index (Phi) is 6.47. The summed E-state index contributed by atoms with van der Waals surface area (Å²) in [6, 6.07) is 0. The van der Waals surface area contributed by atoms with Gasteiger partial charge < -0.3 is 9.84 Å². The van der Waals surface area contributed by atoms with Crippen molar-refractivity contribution in [2.24, 2.45) is 0 Å². The van der Waals surface area contributed by atoms with E-state index in [9.17, 15) is 13.2 Å². The van der Waals surface area contributed by atoms with Crippen molar-refractivity contribution in [2.75, 3.05) is 0 Å². The second-order valence-corrected chi connectivity index (χ2v) is 11.5. The Labute approximate surface area is 168 Å². The molecule has 0 radical (unpaired) electrons. The van der Waals surface area contributed by atoms with Gasteiger partial charge in [0, 0.05) is 5.92 Å². The van der Waals surface area contributed by atoms with Crippen molar-refractivity contribution in [1.82, 2.24) is 15.5 Å². The summed E-state index contributed by atoms with van der Waals surface area (Å²) in [5.74, 6) is 1.01. The lowest BCUT2D eigenvalue weighted by atomic mass is 9.89. The molecule has 1 N–H and O–H groups in total. The molecule has 2 aliphatic rings. The highest BCUT2D eigenvalue weighted by Gasteiger charge is 2.42. The molecule has 0 saturated heterocycles. The second kappa shape index (κ2) is 8.51. The van der Waals surface area contributed by atoms with Crippen LogP contribution in [0.5, 0.6) is 0 Å². The van der Waals surface area contributed by atoms with Crippen LogP contribution in [0.1, 0.15) is 103 Å². The van der Waals surface area contributed by atoms with E-state index in [4.69, 9.17) is 9.51 Å². The minimum absolute atomic E-state index is 0.306. The van der Waals surface area contributed by atoms with Gasteiger partial charge in [-0.3, -0.25) is 4.79 Å². The topological polar surface area (TPSA) is 102 Å². The molecule has 1 amide bonds. The lowest BCUT2D eigenvalue weighted by Crippen LogP contribution is -2.51. The van der Waals surface area contributed by atoms with Crippen molar-refractivity contribution in [2.45, 2.75) is 107 Å². The largest absolute Gasteiger partial charge is 0.342 e. The Morgan fingerprint density at radius 1 is 1.07 bits per heavy atom. The summed E-state index contributed by atoms with van der Waals surface area (Å²) in [6.45, 7) is 4.68. The number of carbonyl (C=O) groups is 1. The molecule has 7 nitrogen and oxygen atoms in total. The van der Waals surface area contributed by atoms with Crippen LogP contribution in [0.25, 0.3) is 0 Å². The van der Waals surface area contributed by atoms with Crippen LogP contribution >= 0.6 is 0 Å². The monoisotopic (exact) mass is 411 g/mol. The predicted octanol–water partition coefficient (Wildman–Crippen LogP) is 3.60. The fourth-order valence-electron chi connectivity index (χ4n) is 4.40. The van der Waals surface area contributed by atoms with Crippen molar-refractivity contribution in [3.63, 3.8) is 0 Å². The molecular weight excluding hydrogens is 378 g/mol. The van der Waals surface area contributed by atoms with Crippen molar-refractivity contribution in [3.05, 3.63) is 11.7 Å². The SMILES string of the molecule is CC(C)S(=O)(=O)C(C)C(=O)NC1(c2noc(C3CCCC3)n2)CCCCCC1. The molecular formula is C20H33N3O4S. The summed E-state index contributed by atoms with van der Waals surface area (Å²) in [7, 11) is -3.53. The number of rotatable bonds is 6. The quantitative estimate of drug-likeness (QED) is 0.718. The van der Waals surface area contributed by atoms with E-state index in [-0.39, 0.29) is 0 Å². The van der Waals surface area contributed by atoms with Crippen LogP contribution in [-0.2, 0) is 20.2 Å². The number of aromatic nitrogens is 2. The van der Waals surface area contributed by atoms with Gasteiger partial charge in [-0.05, 0) is 46.5 Å². The first-order chi connectivity index (χ1) is 13.3. The zero-order valence-electron chi connectivity index (χ0n) is 17.2. The summed E-state index contributed by atoms with van der Waals surface area (Å²) < 4.78 is 30.6. The molecule has 8 heteroatoms. The highest BCUT2D eigenvalue weighted by atomic mass is 32.2. The number of nitrogens with one attached hydrogen (secondary N) is 1. The molecule has 2 fully saturated rings. The fraction of sp³-hybridized carbons (Fsp3) is 0.850. The van der Waals surface area contributed by atoms with Crippen LogP contribution in [0.15, 0.2) is 4.52 Å². The first kappa shape index (κ1) is 21.3. The van der Waals surface area contributed by atoms with Gasteiger partial charge in [0.2, 0.25) is 11.8 Å². The third-order valence-corrected chi connectivity index (χ3v) is 8.93. The van der Waals surface area contributed by atoms with Gasteiger partial charge >= 0.3 is 0 Å². The van der Waals surface area contributed by atoms with Crippen LogP contribution in [0.4, 0.5) is 0 Å². The van der Waals surface area contributed by atoms with E-state index < -0.39 is 31.8 Å². The standard InChI is InChI=1S/C20H33N3O4S/c1-14(2)28(25,26)15(3)17(24)22-20(12-8-4-5-9-13-20)19-21-18(27-23-19)16-10-6-7-11-16/h14-16H,4-13H2,1-3H3,(H,22,24). The molecule has 1 aromatic heterocycles. The summed E-state index contributed by atoms with van der Waals surface area (Å²) in [4.78, 5) is 17.6. The Hall–Kier alpha value is -1.44. The molecule has 0 aliphatic heterocycles. The van der Waals surface area contributed by atoms with Gasteiger partial charge in [-0.25, -0.2) is 8.42 Å². The maximum atomic E-state index is 12.9. The van der Waals surface area contributed by atoms with Crippen molar-refractivity contribution in [1.29, 1.82) is 0 Å². The Bertz CT molecular complexity index is 773. The summed E-state index contributed by atoms with van der Waals surface area (Å²) in [5.41, 5.74) is -0.741. The third-order valence-electron chi connectivity index (χ3n) is 6.41. The van der Waals surface area contributed by atoms with E-state index in [0.717, 1.165) is 38.5 Å². The summed E-state index contributed by atoms with van der Waals surface area (Å²) in [5, 5.41) is 5.61. The number of amides is 1. The van der Waals surface area contributed by atoms with E-state index in [1.807, 2.05) is 0 Å². The lowest BCUT2D eigenvalue weighted by Gasteiger charge is -2.32. The van der Waals surface area contributed by atoms with Crippen molar-refractivity contribution >= 4 is 15.7 Å². The number of hydrogen-bond donors (Lipinski definition) is 1. The van der Waals surface area contributed by atoms with Crippen LogP contribution < -0.4 is 5.32 Å². The summed E-state index contributed by atoms with van der Waals surface area (Å²) >= 11 is 0. The van der Waals surface area contributed by atoms with Gasteiger partial charge in [-0.1, -0.05) is 43.7 Å². The first-order valence-electron chi connectivity index (χ1n) is 10.6. The van der Waals surface area contributed by atoms with Crippen LogP contribution in [0, 0.1) is 0 Å². The highest BCUT2D eigenvalue weighted by molar-refractivity contribution is 7.93. The lowest BCUT2D eigenvalue weighted by molar-refractivity contribution is -0.122. The fourth-order valence-corrected chi connectivity index (χ4v) is 5.57. The van der Waals surface area contributed by atoms with Crippen molar-refractivity contribution in [3.8, 4) is 0 Å². The third kappa shape index (κ3) is 4.26. The Balaban J connectivity index is 1.87. The van der Waals surface area contributed by atoms with Gasteiger partial charge in [0.1, 0.15) is 10.8 Å². The van der Waals surface area contributed by atoms with E-state index in [0.29, 0.717) is 30.5 Å². The molecule has 2 aliphatic carbocycles. The van der Waals surface area contributed by atoms with E-state index in [1.165, 1.54) is 19.8 Å². The number of sulfone groups is 1. The number of nitrogens with zero attached hydrogens (tertiary/aromatic N) is 2. The normalized spacial score (nSPS) is 22.1. The molecule has 1 unspecified atom stereocenters. The van der Waals surface area contributed by atoms with Gasteiger partial charge in [0.15, 0.2) is 15.7 Å². The van der Waals surface area contributed by atoms with E-state index in [1.54, 1.807) is 13.8 Å². The smallest absolute Gasteiger partial charge is 0.238 e.